The van der Waals surface area contributed by atoms with E-state index in [1.807, 2.05) is 0 Å². The number of carboxylic acids is 1. The summed E-state index contributed by atoms with van der Waals surface area (Å²) >= 11 is 0. The highest BCUT2D eigenvalue weighted by Gasteiger charge is 2.32. The van der Waals surface area contributed by atoms with Crippen LogP contribution >= 0.6 is 0 Å². The number of rotatable bonds is 3. The molecule has 1 rings (SSSR count). The minimum absolute atomic E-state index is 0.0905. The van der Waals surface area contributed by atoms with Gasteiger partial charge in [0.25, 0.3) is 0 Å². The van der Waals surface area contributed by atoms with E-state index in [2.05, 4.69) is 25.0 Å². The van der Waals surface area contributed by atoms with E-state index in [9.17, 15) is 4.79 Å². The van der Waals surface area contributed by atoms with Gasteiger partial charge < -0.3 is 14.8 Å². The average molecular weight is 203 g/mol. The van der Waals surface area contributed by atoms with Crippen molar-refractivity contribution >= 4 is 14.3 Å². The number of carboxylic acid groups (broad SMARTS) is 1. The zero-order chi connectivity index (χ0) is 10.1. The molecule has 0 aromatic heterocycles. The van der Waals surface area contributed by atoms with Crippen LogP contribution in [0.25, 0.3) is 0 Å². The summed E-state index contributed by atoms with van der Waals surface area (Å²) in [4.78, 5) is 10.6. The zero-order valence-electron chi connectivity index (χ0n) is 8.33. The van der Waals surface area contributed by atoms with Crippen molar-refractivity contribution in [3.63, 3.8) is 0 Å². The van der Waals surface area contributed by atoms with Gasteiger partial charge in [-0.2, -0.15) is 0 Å². The molecule has 0 aliphatic carbocycles. The Kier molecular flexibility index (Phi) is 3.10. The number of nitrogens with one attached hydrogen (secondary N) is 1. The molecule has 2 N–H and O–H groups in total. The second kappa shape index (κ2) is 3.77. The summed E-state index contributed by atoms with van der Waals surface area (Å²) in [5, 5.41) is 11.6. The van der Waals surface area contributed by atoms with Crippen LogP contribution in [0.4, 0.5) is 0 Å². The van der Waals surface area contributed by atoms with E-state index in [0.29, 0.717) is 13.0 Å². The summed E-state index contributed by atoms with van der Waals surface area (Å²) < 4.78 is 5.79. The second-order valence-corrected chi connectivity index (χ2v) is 8.85. The molecule has 0 radical (unpaired) electrons. The molecule has 0 aromatic rings. The maximum absolute atomic E-state index is 10.6. The number of hydrogen-bond donors (Lipinski definition) is 2. The van der Waals surface area contributed by atoms with Crippen LogP contribution in [0, 0.1) is 0 Å². The lowest BCUT2D eigenvalue weighted by Gasteiger charge is -2.22. The van der Waals surface area contributed by atoms with E-state index in [0.717, 1.165) is 0 Å². The molecule has 0 spiro atoms. The van der Waals surface area contributed by atoms with Gasteiger partial charge in [-0.15, -0.1) is 0 Å². The van der Waals surface area contributed by atoms with Crippen LogP contribution in [0.15, 0.2) is 0 Å². The molecule has 0 unspecified atom stereocenters. The first-order valence-corrected chi connectivity index (χ1v) is 7.93. The molecule has 2 atom stereocenters. The first kappa shape index (κ1) is 10.7. The van der Waals surface area contributed by atoms with Gasteiger partial charge >= 0.3 is 5.97 Å². The van der Waals surface area contributed by atoms with Crippen LogP contribution in [0.2, 0.25) is 19.6 Å². The maximum Gasteiger partial charge on any atom is 0.320 e. The lowest BCUT2D eigenvalue weighted by Crippen LogP contribution is -2.33. The van der Waals surface area contributed by atoms with E-state index in [4.69, 9.17) is 9.53 Å². The first-order chi connectivity index (χ1) is 5.88. The molecule has 76 valence electrons. The molecule has 1 aliphatic rings. The van der Waals surface area contributed by atoms with Crippen molar-refractivity contribution in [2.75, 3.05) is 6.54 Å². The molecule has 4 nitrogen and oxygen atoms in total. The third-order valence-electron chi connectivity index (χ3n) is 1.91. The van der Waals surface area contributed by atoms with Crippen molar-refractivity contribution in [2.24, 2.45) is 0 Å². The van der Waals surface area contributed by atoms with Gasteiger partial charge in [-0.1, -0.05) is 0 Å². The van der Waals surface area contributed by atoms with Crippen LogP contribution in [-0.4, -0.2) is 38.1 Å². The Bertz CT molecular complexity index is 202. The van der Waals surface area contributed by atoms with E-state index in [1.165, 1.54) is 0 Å². The molecule has 1 aliphatic heterocycles. The van der Waals surface area contributed by atoms with Crippen molar-refractivity contribution < 1.29 is 14.3 Å². The molecule has 5 heteroatoms. The van der Waals surface area contributed by atoms with E-state index >= 15 is 0 Å². The number of hydrogen-bond acceptors (Lipinski definition) is 3. The van der Waals surface area contributed by atoms with Crippen molar-refractivity contribution in [1.29, 1.82) is 0 Å². The van der Waals surface area contributed by atoms with Gasteiger partial charge in [0, 0.05) is 6.54 Å². The van der Waals surface area contributed by atoms with Gasteiger partial charge in [-0.05, 0) is 26.1 Å². The van der Waals surface area contributed by atoms with Crippen LogP contribution in [0.3, 0.4) is 0 Å². The quantitative estimate of drug-likeness (QED) is 0.661. The van der Waals surface area contributed by atoms with Gasteiger partial charge in [0.2, 0.25) is 0 Å². The predicted octanol–water partition coefficient (Wildman–Crippen LogP) is 0.653. The smallest absolute Gasteiger partial charge is 0.320 e. The third-order valence-corrected chi connectivity index (χ3v) is 2.95. The fraction of sp³-hybridized carbons (Fsp3) is 0.875. The summed E-state index contributed by atoms with van der Waals surface area (Å²) in [6.45, 7) is 7.00. The SMILES string of the molecule is C[Si](C)(C)O[C@H]1CN[C@H](C(=O)O)C1. The zero-order valence-corrected chi connectivity index (χ0v) is 9.33. The molecule has 0 bridgehead atoms. The van der Waals surface area contributed by atoms with E-state index in [1.54, 1.807) is 0 Å². The van der Waals surface area contributed by atoms with Crippen molar-refractivity contribution in [3.8, 4) is 0 Å². The molecule has 13 heavy (non-hydrogen) atoms. The Morgan fingerprint density at radius 1 is 1.54 bits per heavy atom. The van der Waals surface area contributed by atoms with Crippen molar-refractivity contribution in [3.05, 3.63) is 0 Å². The van der Waals surface area contributed by atoms with Crippen molar-refractivity contribution in [2.45, 2.75) is 38.2 Å². The largest absolute Gasteiger partial charge is 0.480 e. The molecule has 0 amide bonds. The van der Waals surface area contributed by atoms with Gasteiger partial charge in [0.1, 0.15) is 6.04 Å². The number of aliphatic carboxylic acids is 1. The Hall–Kier alpha value is -0.393. The Morgan fingerprint density at radius 3 is 2.54 bits per heavy atom. The minimum atomic E-state index is -1.52. The molecule has 1 heterocycles. The topological polar surface area (TPSA) is 58.6 Å². The molecule has 1 fully saturated rings. The minimum Gasteiger partial charge on any atom is -0.480 e. The fourth-order valence-electron chi connectivity index (χ4n) is 1.48. The summed E-state index contributed by atoms with van der Waals surface area (Å²) in [6, 6.07) is -0.415. The Balaban J connectivity index is 2.38. The third kappa shape index (κ3) is 3.46. The van der Waals surface area contributed by atoms with Crippen LogP contribution in [0.5, 0.6) is 0 Å². The predicted molar refractivity (Wildman–Crippen MR) is 52.3 cm³/mol. The second-order valence-electron chi connectivity index (χ2n) is 4.39. The molecule has 0 saturated carbocycles. The average Bonchev–Trinajstić information content (AvgIpc) is 2.31. The maximum atomic E-state index is 10.6. The Labute approximate surface area is 79.4 Å². The monoisotopic (exact) mass is 203 g/mol. The summed E-state index contributed by atoms with van der Waals surface area (Å²) in [6.07, 6.45) is 0.687. The van der Waals surface area contributed by atoms with Gasteiger partial charge in [-0.25, -0.2) is 0 Å². The molecule has 0 aromatic carbocycles. The molecular formula is C8H17NO3Si. The lowest BCUT2D eigenvalue weighted by molar-refractivity contribution is -0.139. The highest BCUT2D eigenvalue weighted by Crippen LogP contribution is 2.15. The Morgan fingerprint density at radius 2 is 2.15 bits per heavy atom. The first-order valence-electron chi connectivity index (χ1n) is 4.52. The van der Waals surface area contributed by atoms with Crippen LogP contribution in [-0.2, 0) is 9.22 Å². The lowest BCUT2D eigenvalue weighted by atomic mass is 10.2. The van der Waals surface area contributed by atoms with Crippen LogP contribution in [0.1, 0.15) is 6.42 Å². The summed E-state index contributed by atoms with van der Waals surface area (Å²) in [5.74, 6) is -0.776. The summed E-state index contributed by atoms with van der Waals surface area (Å²) in [7, 11) is -1.52. The fourth-order valence-corrected chi connectivity index (χ4v) is 2.66. The standard InChI is InChI=1S/C8H17NO3Si/c1-13(2,3)12-6-4-7(8(10)11)9-5-6/h6-7,9H,4-5H2,1-3H3,(H,10,11)/t6-,7+/m1/s1. The van der Waals surface area contributed by atoms with Crippen LogP contribution < -0.4 is 5.32 Å². The van der Waals surface area contributed by atoms with Crippen molar-refractivity contribution in [1.82, 2.24) is 5.32 Å². The highest BCUT2D eigenvalue weighted by molar-refractivity contribution is 6.69. The summed E-state index contributed by atoms with van der Waals surface area (Å²) in [5.41, 5.74) is 0. The van der Waals surface area contributed by atoms with E-state index in [-0.39, 0.29) is 6.10 Å². The van der Waals surface area contributed by atoms with Gasteiger partial charge in [0.05, 0.1) is 6.10 Å². The highest BCUT2D eigenvalue weighted by atomic mass is 28.4. The van der Waals surface area contributed by atoms with Gasteiger partial charge in [-0.3, -0.25) is 4.79 Å². The van der Waals surface area contributed by atoms with Gasteiger partial charge in [0.15, 0.2) is 8.32 Å². The van der Waals surface area contributed by atoms with E-state index < -0.39 is 20.3 Å². The molecular weight excluding hydrogens is 186 g/mol. The normalized spacial score (nSPS) is 29.2. The number of carbonyl (C=O) groups is 1. The molecule has 1 saturated heterocycles.